The molecule has 2 nitrogen and oxygen atoms in total. The molecule has 0 amide bonds. The standard InChI is InChI=1S/C32H54N2/c1-3-5-15-19-31-21-27-33(28-22-31)25-17-13-11-9-7-8-10-12-14-18-26-34-29-23-32(24-30-34)20-16-6-4-2/h21-24,27-30H,3-20,25-26H2,1-2H3/q+2. The van der Waals surface area contributed by atoms with Gasteiger partial charge in [0.15, 0.2) is 24.8 Å². The Labute approximate surface area is 211 Å². The Bertz CT molecular complexity index is 641. The van der Waals surface area contributed by atoms with Crippen LogP contribution in [0.15, 0.2) is 49.1 Å². The lowest BCUT2D eigenvalue weighted by atomic mass is 10.1. The van der Waals surface area contributed by atoms with E-state index in [4.69, 9.17) is 0 Å². The van der Waals surface area contributed by atoms with Gasteiger partial charge in [-0.2, -0.15) is 0 Å². The number of aromatic nitrogens is 2. The molecule has 2 heterocycles. The molecule has 0 aliphatic rings. The summed E-state index contributed by atoms with van der Waals surface area (Å²) in [4.78, 5) is 0. The predicted molar refractivity (Wildman–Crippen MR) is 146 cm³/mol. The van der Waals surface area contributed by atoms with Crippen LogP contribution in [0.25, 0.3) is 0 Å². The Morgan fingerprint density at radius 2 is 0.735 bits per heavy atom. The van der Waals surface area contributed by atoms with Crippen molar-refractivity contribution >= 4 is 0 Å². The minimum atomic E-state index is 1.18. The average molecular weight is 467 g/mol. The van der Waals surface area contributed by atoms with Crippen molar-refractivity contribution in [2.24, 2.45) is 0 Å². The van der Waals surface area contributed by atoms with E-state index in [1.807, 2.05) is 0 Å². The molecule has 0 N–H and O–H groups in total. The predicted octanol–water partition coefficient (Wildman–Crippen LogP) is 8.33. The molecule has 0 atom stereocenters. The summed E-state index contributed by atoms with van der Waals surface area (Å²) in [5, 5.41) is 0. The molecule has 0 spiro atoms. The fourth-order valence-electron chi connectivity index (χ4n) is 4.77. The third-order valence-electron chi connectivity index (χ3n) is 7.14. The van der Waals surface area contributed by atoms with E-state index in [1.165, 1.54) is 140 Å². The molecule has 190 valence electrons. The first kappa shape index (κ1) is 28.5. The summed E-state index contributed by atoms with van der Waals surface area (Å²) in [6, 6.07) is 9.28. The molecule has 2 rings (SSSR count). The van der Waals surface area contributed by atoms with Crippen LogP contribution in [0.1, 0.15) is 128 Å². The van der Waals surface area contributed by atoms with Gasteiger partial charge in [-0.15, -0.1) is 0 Å². The largest absolute Gasteiger partial charge is 0.205 e. The molecule has 2 aromatic rings. The first-order valence-corrected chi connectivity index (χ1v) is 14.8. The fourth-order valence-corrected chi connectivity index (χ4v) is 4.77. The molecular formula is C32H54N2+2. The smallest absolute Gasteiger partial charge is 0.169 e. The molecule has 2 aromatic heterocycles. The lowest BCUT2D eigenvalue weighted by molar-refractivity contribution is -0.697. The lowest BCUT2D eigenvalue weighted by Gasteiger charge is -2.03. The van der Waals surface area contributed by atoms with Gasteiger partial charge < -0.3 is 0 Å². The van der Waals surface area contributed by atoms with Crippen molar-refractivity contribution in [3.63, 3.8) is 0 Å². The maximum absolute atomic E-state index is 2.36. The van der Waals surface area contributed by atoms with E-state index in [-0.39, 0.29) is 0 Å². The van der Waals surface area contributed by atoms with E-state index in [9.17, 15) is 0 Å². The van der Waals surface area contributed by atoms with Crippen LogP contribution in [-0.4, -0.2) is 0 Å². The highest BCUT2D eigenvalue weighted by molar-refractivity contribution is 5.07. The number of nitrogens with zero attached hydrogens (tertiary/aromatic N) is 2. The van der Waals surface area contributed by atoms with Gasteiger partial charge >= 0.3 is 0 Å². The highest BCUT2D eigenvalue weighted by Gasteiger charge is 2.03. The van der Waals surface area contributed by atoms with Crippen molar-refractivity contribution in [2.75, 3.05) is 0 Å². The number of aryl methyl sites for hydroxylation is 4. The molecule has 0 fully saturated rings. The molecular weight excluding hydrogens is 412 g/mol. The van der Waals surface area contributed by atoms with Crippen molar-refractivity contribution < 1.29 is 9.13 Å². The second kappa shape index (κ2) is 19.6. The topological polar surface area (TPSA) is 7.76 Å². The second-order valence-electron chi connectivity index (χ2n) is 10.3. The molecule has 0 saturated heterocycles. The normalized spacial score (nSPS) is 11.2. The molecule has 2 heteroatoms. The van der Waals surface area contributed by atoms with Crippen LogP contribution < -0.4 is 9.13 Å². The molecule has 0 bridgehead atoms. The fraction of sp³-hybridized carbons (Fsp3) is 0.688. The highest BCUT2D eigenvalue weighted by Crippen LogP contribution is 2.11. The number of pyridine rings is 2. The van der Waals surface area contributed by atoms with E-state index in [1.54, 1.807) is 0 Å². The summed E-state index contributed by atoms with van der Waals surface area (Å²) in [5.41, 5.74) is 2.99. The quantitative estimate of drug-likeness (QED) is 0.129. The molecule has 34 heavy (non-hydrogen) atoms. The Morgan fingerprint density at radius 1 is 0.412 bits per heavy atom. The first-order chi connectivity index (χ1) is 16.8. The Morgan fingerprint density at radius 3 is 1.06 bits per heavy atom. The zero-order valence-corrected chi connectivity index (χ0v) is 22.7. The van der Waals surface area contributed by atoms with E-state index < -0.39 is 0 Å². The van der Waals surface area contributed by atoms with Gasteiger partial charge in [0, 0.05) is 37.1 Å². The molecule has 0 unspecified atom stereocenters. The van der Waals surface area contributed by atoms with Gasteiger partial charge in [-0.1, -0.05) is 78.1 Å². The molecule has 0 aliphatic heterocycles. The maximum Gasteiger partial charge on any atom is 0.169 e. The summed E-state index contributed by atoms with van der Waals surface area (Å²) in [7, 11) is 0. The van der Waals surface area contributed by atoms with Crippen molar-refractivity contribution in [1.29, 1.82) is 0 Å². The number of hydrogen-bond acceptors (Lipinski definition) is 0. The van der Waals surface area contributed by atoms with Crippen molar-refractivity contribution in [2.45, 2.75) is 143 Å². The van der Waals surface area contributed by atoms with Gasteiger partial charge in [-0.05, 0) is 49.7 Å². The Hall–Kier alpha value is -1.70. The zero-order chi connectivity index (χ0) is 24.1. The van der Waals surface area contributed by atoms with E-state index >= 15 is 0 Å². The maximum atomic E-state index is 2.36. The number of rotatable bonds is 21. The third kappa shape index (κ3) is 13.9. The molecule has 0 aliphatic carbocycles. The first-order valence-electron chi connectivity index (χ1n) is 14.8. The number of unbranched alkanes of at least 4 members (excludes halogenated alkanes) is 13. The van der Waals surface area contributed by atoms with E-state index in [0.717, 1.165) is 0 Å². The summed E-state index contributed by atoms with van der Waals surface area (Å²) in [6.45, 7) is 6.90. The summed E-state index contributed by atoms with van der Waals surface area (Å²) in [5.74, 6) is 0. The SMILES string of the molecule is CCCCCc1cc[n+](CCCCCCCCCCCC[n+]2ccc(CCCCC)cc2)cc1. The second-order valence-corrected chi connectivity index (χ2v) is 10.3. The third-order valence-corrected chi connectivity index (χ3v) is 7.14. The molecule has 0 saturated carbocycles. The van der Waals surface area contributed by atoms with Gasteiger partial charge in [-0.3, -0.25) is 0 Å². The molecule has 0 aromatic carbocycles. The van der Waals surface area contributed by atoms with Crippen LogP contribution in [0.3, 0.4) is 0 Å². The van der Waals surface area contributed by atoms with Crippen LogP contribution in [0, 0.1) is 0 Å². The average Bonchev–Trinajstić information content (AvgIpc) is 2.87. The van der Waals surface area contributed by atoms with E-state index in [2.05, 4.69) is 72.0 Å². The zero-order valence-electron chi connectivity index (χ0n) is 22.7. The van der Waals surface area contributed by atoms with E-state index in [0.29, 0.717) is 0 Å². The van der Waals surface area contributed by atoms with Crippen LogP contribution in [0.2, 0.25) is 0 Å². The highest BCUT2D eigenvalue weighted by atomic mass is 14.9. The summed E-state index contributed by atoms with van der Waals surface area (Å²) < 4.78 is 4.73. The Balaban J connectivity index is 1.37. The summed E-state index contributed by atoms with van der Waals surface area (Å²) >= 11 is 0. The number of hydrogen-bond donors (Lipinski definition) is 0. The van der Waals surface area contributed by atoms with Gasteiger partial charge in [0.2, 0.25) is 0 Å². The lowest BCUT2D eigenvalue weighted by Crippen LogP contribution is -2.32. The van der Waals surface area contributed by atoms with Gasteiger partial charge in [0.25, 0.3) is 0 Å². The van der Waals surface area contributed by atoms with Gasteiger partial charge in [-0.25, -0.2) is 9.13 Å². The van der Waals surface area contributed by atoms with Crippen LogP contribution in [-0.2, 0) is 25.9 Å². The molecule has 0 radical (unpaired) electrons. The van der Waals surface area contributed by atoms with Crippen LogP contribution in [0.5, 0.6) is 0 Å². The van der Waals surface area contributed by atoms with Crippen LogP contribution >= 0.6 is 0 Å². The van der Waals surface area contributed by atoms with Crippen molar-refractivity contribution in [3.8, 4) is 0 Å². The van der Waals surface area contributed by atoms with Crippen molar-refractivity contribution in [1.82, 2.24) is 0 Å². The van der Waals surface area contributed by atoms with Crippen LogP contribution in [0.4, 0.5) is 0 Å². The van der Waals surface area contributed by atoms with Gasteiger partial charge in [0.05, 0.1) is 0 Å². The van der Waals surface area contributed by atoms with Crippen molar-refractivity contribution in [3.05, 3.63) is 60.2 Å². The Kier molecular flexibility index (Phi) is 16.4. The minimum Gasteiger partial charge on any atom is -0.205 e. The monoisotopic (exact) mass is 466 g/mol. The minimum absolute atomic E-state index is 1.18. The summed E-state index contributed by atoms with van der Waals surface area (Å²) in [6.07, 6.45) is 33.4. The van der Waals surface area contributed by atoms with Gasteiger partial charge in [0.1, 0.15) is 13.1 Å².